The summed E-state index contributed by atoms with van der Waals surface area (Å²) in [4.78, 5) is 24.5. The first-order chi connectivity index (χ1) is 12.4. The summed E-state index contributed by atoms with van der Waals surface area (Å²) in [5.74, 6) is -0.505. The lowest BCUT2D eigenvalue weighted by Gasteiger charge is -2.30. The van der Waals surface area contributed by atoms with Crippen molar-refractivity contribution in [2.45, 2.75) is 58.9 Å². The number of benzene rings is 1. The van der Waals surface area contributed by atoms with Crippen LogP contribution in [0.15, 0.2) is 24.3 Å². The average molecular weight is 360 g/mol. The molecule has 26 heavy (non-hydrogen) atoms. The number of rotatable bonds is 8. The van der Waals surface area contributed by atoms with Crippen LogP contribution in [-0.4, -0.2) is 24.4 Å². The van der Waals surface area contributed by atoms with Gasteiger partial charge in [0.25, 0.3) is 0 Å². The average Bonchev–Trinajstić information content (AvgIpc) is 2.60. The minimum Gasteiger partial charge on any atom is -0.383 e. The van der Waals surface area contributed by atoms with Crippen molar-refractivity contribution in [2.24, 2.45) is 23.5 Å². The van der Waals surface area contributed by atoms with Crippen molar-refractivity contribution in [3.63, 3.8) is 0 Å². The molecule has 0 heterocycles. The summed E-state index contributed by atoms with van der Waals surface area (Å²) in [6.45, 7) is 7.03. The number of primary amides is 1. The molecule has 1 fully saturated rings. The quantitative estimate of drug-likeness (QED) is 0.666. The highest BCUT2D eigenvalue weighted by Gasteiger charge is 2.35. The smallest absolute Gasteiger partial charge is 0.224 e. The molecule has 1 aromatic carbocycles. The van der Waals surface area contributed by atoms with Crippen molar-refractivity contribution >= 4 is 17.5 Å². The van der Waals surface area contributed by atoms with Gasteiger partial charge in [0.15, 0.2) is 0 Å². The maximum absolute atomic E-state index is 12.8. The molecule has 0 aliphatic heterocycles. The summed E-state index contributed by atoms with van der Waals surface area (Å²) in [5, 5.41) is 6.59. The minimum atomic E-state index is -0.344. The van der Waals surface area contributed by atoms with E-state index in [0.29, 0.717) is 12.5 Å². The molecule has 1 saturated carbocycles. The van der Waals surface area contributed by atoms with Gasteiger partial charge in [-0.2, -0.15) is 0 Å². The second-order valence-corrected chi connectivity index (χ2v) is 7.98. The number of hydrogen-bond donors (Lipinski definition) is 3. The summed E-state index contributed by atoms with van der Waals surface area (Å²) >= 11 is 0. The van der Waals surface area contributed by atoms with Crippen LogP contribution in [0.4, 0.5) is 5.69 Å². The Balaban J connectivity index is 1.98. The van der Waals surface area contributed by atoms with Crippen molar-refractivity contribution in [3.05, 3.63) is 29.8 Å². The van der Waals surface area contributed by atoms with Crippen molar-refractivity contribution in [1.29, 1.82) is 0 Å². The predicted molar refractivity (Wildman–Crippen MR) is 106 cm³/mol. The summed E-state index contributed by atoms with van der Waals surface area (Å²) < 4.78 is 0. The number of amides is 2. The van der Waals surface area contributed by atoms with Crippen molar-refractivity contribution in [3.8, 4) is 0 Å². The highest BCUT2D eigenvalue weighted by atomic mass is 16.2. The van der Waals surface area contributed by atoms with Crippen LogP contribution in [0.3, 0.4) is 0 Å². The number of carbonyl (C=O) groups excluding carboxylic acids is 2. The van der Waals surface area contributed by atoms with Gasteiger partial charge in [0.1, 0.15) is 0 Å². The van der Waals surface area contributed by atoms with Gasteiger partial charge in [-0.3, -0.25) is 9.59 Å². The van der Waals surface area contributed by atoms with E-state index in [1.807, 2.05) is 12.1 Å². The molecule has 1 aliphatic carbocycles. The van der Waals surface area contributed by atoms with Gasteiger partial charge in [-0.25, -0.2) is 0 Å². The molecule has 0 saturated heterocycles. The van der Waals surface area contributed by atoms with Crippen LogP contribution in [0.25, 0.3) is 0 Å². The molecular formula is C21H33N3O2. The Morgan fingerprint density at radius 2 is 1.73 bits per heavy atom. The van der Waals surface area contributed by atoms with Gasteiger partial charge < -0.3 is 16.4 Å². The van der Waals surface area contributed by atoms with E-state index in [-0.39, 0.29) is 29.7 Å². The molecule has 0 spiro atoms. The van der Waals surface area contributed by atoms with Crippen LogP contribution in [0.1, 0.15) is 51.5 Å². The molecule has 4 N–H and O–H groups in total. The van der Waals surface area contributed by atoms with E-state index >= 15 is 0 Å². The zero-order chi connectivity index (χ0) is 19.1. The van der Waals surface area contributed by atoms with E-state index in [0.717, 1.165) is 37.8 Å². The van der Waals surface area contributed by atoms with E-state index in [4.69, 9.17) is 5.73 Å². The van der Waals surface area contributed by atoms with Crippen LogP contribution in [0.2, 0.25) is 0 Å². The molecule has 2 amide bonds. The van der Waals surface area contributed by atoms with Crippen LogP contribution in [0.5, 0.6) is 0 Å². The Bertz CT molecular complexity index is 598. The Morgan fingerprint density at radius 1 is 1.12 bits per heavy atom. The Labute approximate surface area is 157 Å². The predicted octanol–water partition coefficient (Wildman–Crippen LogP) is 3.23. The largest absolute Gasteiger partial charge is 0.383 e. The molecule has 3 atom stereocenters. The van der Waals surface area contributed by atoms with E-state index in [1.54, 1.807) is 0 Å². The lowest BCUT2D eigenvalue weighted by Crippen LogP contribution is -2.47. The van der Waals surface area contributed by atoms with Gasteiger partial charge >= 0.3 is 0 Å². The summed E-state index contributed by atoms with van der Waals surface area (Å²) in [7, 11) is 0. The lowest BCUT2D eigenvalue weighted by atomic mass is 9.78. The molecule has 0 unspecified atom stereocenters. The van der Waals surface area contributed by atoms with Crippen LogP contribution < -0.4 is 16.4 Å². The Kier molecular flexibility index (Phi) is 7.49. The second kappa shape index (κ2) is 9.60. The van der Waals surface area contributed by atoms with Crippen LogP contribution in [-0.2, 0) is 9.59 Å². The molecule has 0 aromatic heterocycles. The highest BCUT2D eigenvalue weighted by Crippen LogP contribution is 2.30. The minimum absolute atomic E-state index is 0.0233. The van der Waals surface area contributed by atoms with Gasteiger partial charge in [-0.05, 0) is 44.2 Å². The first-order valence-corrected chi connectivity index (χ1v) is 9.77. The number of hydrogen-bond acceptors (Lipinski definition) is 3. The first kappa shape index (κ1) is 20.3. The molecule has 1 aromatic rings. The zero-order valence-corrected chi connectivity index (χ0v) is 16.3. The van der Waals surface area contributed by atoms with E-state index in [2.05, 4.69) is 43.5 Å². The Hall–Kier alpha value is -2.04. The van der Waals surface area contributed by atoms with Gasteiger partial charge in [-0.1, -0.05) is 44.4 Å². The third kappa shape index (κ3) is 6.04. The maximum atomic E-state index is 12.8. The van der Waals surface area contributed by atoms with Crippen molar-refractivity contribution in [1.82, 2.24) is 5.32 Å². The monoisotopic (exact) mass is 359 g/mol. The first-order valence-electron chi connectivity index (χ1n) is 9.77. The fourth-order valence-electron chi connectivity index (χ4n) is 3.77. The highest BCUT2D eigenvalue weighted by molar-refractivity contribution is 5.87. The fraction of sp³-hybridized carbons (Fsp3) is 0.619. The SMILES string of the molecule is Cc1ccc(NC[C@H](CC(C)C)NC(=O)[C@@H]2CCCC[C@@H]2C(N)=O)cc1. The topological polar surface area (TPSA) is 84.2 Å². The third-order valence-electron chi connectivity index (χ3n) is 5.17. The summed E-state index contributed by atoms with van der Waals surface area (Å²) in [6, 6.07) is 8.26. The molecular weight excluding hydrogens is 326 g/mol. The summed E-state index contributed by atoms with van der Waals surface area (Å²) in [6.07, 6.45) is 4.32. The normalized spacial score (nSPS) is 21.2. The molecule has 0 radical (unpaired) electrons. The van der Waals surface area contributed by atoms with E-state index in [9.17, 15) is 9.59 Å². The number of nitrogens with two attached hydrogens (primary N) is 1. The molecule has 5 heteroatoms. The van der Waals surface area contributed by atoms with Gasteiger partial charge in [-0.15, -0.1) is 0 Å². The number of aryl methyl sites for hydroxylation is 1. The van der Waals surface area contributed by atoms with E-state index < -0.39 is 0 Å². The number of carbonyl (C=O) groups is 2. The molecule has 1 aliphatic rings. The third-order valence-corrected chi connectivity index (χ3v) is 5.17. The van der Waals surface area contributed by atoms with E-state index in [1.165, 1.54) is 5.56 Å². The second-order valence-electron chi connectivity index (χ2n) is 7.98. The summed E-state index contributed by atoms with van der Waals surface area (Å²) in [5.41, 5.74) is 7.79. The molecule has 5 nitrogen and oxygen atoms in total. The van der Waals surface area contributed by atoms with Gasteiger partial charge in [0.2, 0.25) is 11.8 Å². The molecule has 144 valence electrons. The lowest BCUT2D eigenvalue weighted by molar-refractivity contribution is -0.135. The van der Waals surface area contributed by atoms with Crippen LogP contribution in [0, 0.1) is 24.7 Å². The van der Waals surface area contributed by atoms with Crippen LogP contribution >= 0.6 is 0 Å². The van der Waals surface area contributed by atoms with Crippen molar-refractivity contribution in [2.75, 3.05) is 11.9 Å². The molecule has 0 bridgehead atoms. The maximum Gasteiger partial charge on any atom is 0.224 e. The zero-order valence-electron chi connectivity index (χ0n) is 16.3. The number of nitrogens with one attached hydrogen (secondary N) is 2. The van der Waals surface area contributed by atoms with Gasteiger partial charge in [0.05, 0.1) is 0 Å². The van der Waals surface area contributed by atoms with Gasteiger partial charge in [0, 0.05) is 30.1 Å². The fourth-order valence-corrected chi connectivity index (χ4v) is 3.77. The van der Waals surface area contributed by atoms with Crippen molar-refractivity contribution < 1.29 is 9.59 Å². The molecule has 2 rings (SSSR count). The number of anilines is 1. The standard InChI is InChI=1S/C21H33N3O2/c1-14(2)12-17(13-23-16-10-8-15(3)9-11-16)24-21(26)19-7-5-4-6-18(19)20(22)25/h8-11,14,17-19,23H,4-7,12-13H2,1-3H3,(H2,22,25)(H,24,26)/t17-,18-,19+/m0/s1. The Morgan fingerprint density at radius 3 is 2.31 bits per heavy atom.